The second-order valence-corrected chi connectivity index (χ2v) is 4.29. The van der Waals surface area contributed by atoms with Gasteiger partial charge in [-0.15, -0.1) is 0 Å². The van der Waals surface area contributed by atoms with Crippen LogP contribution in [0.4, 0.5) is 0 Å². The standard InChI is InChI=1S/C11H18N2/c1-3-10-5-4-6-11(10)12-7-9(2)8-13-11/h7-10H,3-6H2,1-2H3. The quantitative estimate of drug-likeness (QED) is 0.590. The molecule has 72 valence electrons. The summed E-state index contributed by atoms with van der Waals surface area (Å²) in [5, 5.41) is 0. The third-order valence-electron chi connectivity index (χ3n) is 3.31. The summed E-state index contributed by atoms with van der Waals surface area (Å²) in [4.78, 5) is 9.34. The number of hydrogen-bond donors (Lipinski definition) is 0. The maximum absolute atomic E-state index is 4.67. The van der Waals surface area contributed by atoms with Crippen LogP contribution in [0.5, 0.6) is 0 Å². The molecule has 0 radical (unpaired) electrons. The fraction of sp³-hybridized carbons (Fsp3) is 0.818. The topological polar surface area (TPSA) is 24.7 Å². The number of nitrogens with zero attached hydrogens (tertiary/aromatic N) is 2. The van der Waals surface area contributed by atoms with Gasteiger partial charge in [0.15, 0.2) is 5.66 Å². The zero-order valence-corrected chi connectivity index (χ0v) is 8.53. The van der Waals surface area contributed by atoms with Crippen molar-refractivity contribution in [2.24, 2.45) is 21.8 Å². The van der Waals surface area contributed by atoms with Crippen molar-refractivity contribution in [3.63, 3.8) is 0 Å². The minimum atomic E-state index is -0.0404. The van der Waals surface area contributed by atoms with E-state index in [1.165, 1.54) is 19.3 Å². The second kappa shape index (κ2) is 3.24. The van der Waals surface area contributed by atoms with Gasteiger partial charge in [0.05, 0.1) is 0 Å². The van der Waals surface area contributed by atoms with Crippen LogP contribution >= 0.6 is 0 Å². The normalized spacial score (nSPS) is 43.2. The van der Waals surface area contributed by atoms with E-state index in [1.807, 2.05) is 0 Å². The SMILES string of the molecule is CCC1CCCC12N=CC(C)C=N2. The molecule has 1 saturated carbocycles. The third kappa shape index (κ3) is 1.43. The van der Waals surface area contributed by atoms with Gasteiger partial charge >= 0.3 is 0 Å². The zero-order chi connectivity index (χ0) is 9.31. The van der Waals surface area contributed by atoms with Crippen LogP contribution in [0, 0.1) is 11.8 Å². The molecule has 0 aromatic rings. The Hall–Kier alpha value is -0.660. The summed E-state index contributed by atoms with van der Waals surface area (Å²) in [6, 6.07) is 0. The van der Waals surface area contributed by atoms with Crippen LogP contribution in [0.15, 0.2) is 9.98 Å². The van der Waals surface area contributed by atoms with E-state index >= 15 is 0 Å². The largest absolute Gasteiger partial charge is 0.267 e. The van der Waals surface area contributed by atoms with E-state index in [0.717, 1.165) is 6.42 Å². The van der Waals surface area contributed by atoms with Crippen molar-refractivity contribution in [1.29, 1.82) is 0 Å². The van der Waals surface area contributed by atoms with Crippen molar-refractivity contribution in [2.75, 3.05) is 0 Å². The van der Waals surface area contributed by atoms with E-state index in [4.69, 9.17) is 0 Å². The molecule has 1 aliphatic heterocycles. The highest BCUT2D eigenvalue weighted by Gasteiger charge is 2.41. The van der Waals surface area contributed by atoms with Crippen LogP contribution in [-0.2, 0) is 0 Å². The van der Waals surface area contributed by atoms with Gasteiger partial charge in [0.25, 0.3) is 0 Å². The minimum absolute atomic E-state index is 0.0404. The molecule has 1 spiro atoms. The van der Waals surface area contributed by atoms with E-state index < -0.39 is 0 Å². The molecule has 1 atom stereocenters. The lowest BCUT2D eigenvalue weighted by atomic mass is 9.93. The van der Waals surface area contributed by atoms with Crippen molar-refractivity contribution in [3.8, 4) is 0 Å². The smallest absolute Gasteiger partial charge is 0.152 e. The van der Waals surface area contributed by atoms with Crippen LogP contribution in [0.25, 0.3) is 0 Å². The van der Waals surface area contributed by atoms with Gasteiger partial charge in [-0.25, -0.2) is 0 Å². The Morgan fingerprint density at radius 3 is 2.69 bits per heavy atom. The fourth-order valence-electron chi connectivity index (χ4n) is 2.48. The van der Waals surface area contributed by atoms with Crippen LogP contribution < -0.4 is 0 Å². The van der Waals surface area contributed by atoms with E-state index in [0.29, 0.717) is 11.8 Å². The van der Waals surface area contributed by atoms with Gasteiger partial charge in [0, 0.05) is 24.3 Å². The molecule has 1 heterocycles. The minimum Gasteiger partial charge on any atom is -0.267 e. The highest BCUT2D eigenvalue weighted by Crippen LogP contribution is 2.42. The molecule has 13 heavy (non-hydrogen) atoms. The molecule has 2 aliphatic rings. The molecule has 0 amide bonds. The summed E-state index contributed by atoms with van der Waals surface area (Å²) in [7, 11) is 0. The van der Waals surface area contributed by atoms with Crippen molar-refractivity contribution < 1.29 is 0 Å². The molecule has 0 N–H and O–H groups in total. The molecule has 2 rings (SSSR count). The molecule has 1 unspecified atom stereocenters. The Kier molecular flexibility index (Phi) is 2.22. The Morgan fingerprint density at radius 1 is 1.38 bits per heavy atom. The van der Waals surface area contributed by atoms with Gasteiger partial charge in [0.2, 0.25) is 0 Å². The predicted molar refractivity (Wildman–Crippen MR) is 56.5 cm³/mol. The highest BCUT2D eigenvalue weighted by atomic mass is 15.1. The van der Waals surface area contributed by atoms with Crippen LogP contribution in [0.3, 0.4) is 0 Å². The molecule has 0 aromatic heterocycles. The van der Waals surface area contributed by atoms with Gasteiger partial charge in [-0.3, -0.25) is 9.98 Å². The van der Waals surface area contributed by atoms with Crippen molar-refractivity contribution >= 4 is 12.4 Å². The average molecular weight is 178 g/mol. The molecule has 0 bridgehead atoms. The lowest BCUT2D eigenvalue weighted by Crippen LogP contribution is -2.32. The van der Waals surface area contributed by atoms with E-state index in [9.17, 15) is 0 Å². The zero-order valence-electron chi connectivity index (χ0n) is 8.53. The molecule has 2 heteroatoms. The van der Waals surface area contributed by atoms with E-state index in [1.54, 1.807) is 0 Å². The van der Waals surface area contributed by atoms with Crippen molar-refractivity contribution in [1.82, 2.24) is 0 Å². The molecule has 0 saturated heterocycles. The van der Waals surface area contributed by atoms with E-state index in [2.05, 4.69) is 36.3 Å². The maximum atomic E-state index is 4.67. The summed E-state index contributed by atoms with van der Waals surface area (Å²) < 4.78 is 0. The maximum Gasteiger partial charge on any atom is 0.152 e. The summed E-state index contributed by atoms with van der Waals surface area (Å²) in [5.74, 6) is 1.12. The molecule has 0 aromatic carbocycles. The first-order valence-electron chi connectivity index (χ1n) is 5.37. The van der Waals surface area contributed by atoms with Crippen LogP contribution in [0.2, 0.25) is 0 Å². The van der Waals surface area contributed by atoms with Gasteiger partial charge in [-0.1, -0.05) is 13.8 Å². The first-order valence-corrected chi connectivity index (χ1v) is 5.37. The third-order valence-corrected chi connectivity index (χ3v) is 3.31. The first-order chi connectivity index (χ1) is 6.27. The summed E-state index contributed by atoms with van der Waals surface area (Å²) in [6.07, 6.45) is 9.11. The van der Waals surface area contributed by atoms with Crippen LogP contribution in [0.1, 0.15) is 39.5 Å². The molecule has 1 fully saturated rings. The van der Waals surface area contributed by atoms with E-state index in [-0.39, 0.29) is 5.66 Å². The van der Waals surface area contributed by atoms with Gasteiger partial charge in [-0.05, 0) is 25.7 Å². The summed E-state index contributed by atoms with van der Waals surface area (Å²) in [5.41, 5.74) is -0.0404. The summed E-state index contributed by atoms with van der Waals surface area (Å²) in [6.45, 7) is 4.39. The monoisotopic (exact) mass is 178 g/mol. The average Bonchev–Trinajstić information content (AvgIpc) is 2.54. The molecular formula is C11H18N2. The molecule has 2 nitrogen and oxygen atoms in total. The first kappa shape index (κ1) is 8.92. The van der Waals surface area contributed by atoms with Crippen molar-refractivity contribution in [2.45, 2.75) is 45.2 Å². The lowest BCUT2D eigenvalue weighted by Gasteiger charge is -2.29. The fourth-order valence-corrected chi connectivity index (χ4v) is 2.48. The Labute approximate surface area is 80.2 Å². The number of rotatable bonds is 1. The Morgan fingerprint density at radius 2 is 2.08 bits per heavy atom. The molecular weight excluding hydrogens is 160 g/mol. The number of aliphatic imine (C=N–C) groups is 2. The van der Waals surface area contributed by atoms with Gasteiger partial charge in [-0.2, -0.15) is 0 Å². The lowest BCUT2D eigenvalue weighted by molar-refractivity contribution is 0.323. The van der Waals surface area contributed by atoms with Gasteiger partial charge in [0.1, 0.15) is 0 Å². The summed E-state index contributed by atoms with van der Waals surface area (Å²) >= 11 is 0. The highest BCUT2D eigenvalue weighted by molar-refractivity contribution is 5.85. The second-order valence-electron chi connectivity index (χ2n) is 4.29. The predicted octanol–water partition coefficient (Wildman–Crippen LogP) is 2.68. The Bertz CT molecular complexity index is 228. The Balaban J connectivity index is 2.20. The molecule has 1 aliphatic carbocycles. The van der Waals surface area contributed by atoms with Crippen molar-refractivity contribution in [3.05, 3.63) is 0 Å². The van der Waals surface area contributed by atoms with Crippen LogP contribution in [-0.4, -0.2) is 18.1 Å². The number of hydrogen-bond acceptors (Lipinski definition) is 2. The van der Waals surface area contributed by atoms with Gasteiger partial charge < -0.3 is 0 Å².